The molecule has 234 valence electrons. The molecule has 0 bridgehead atoms. The number of halogens is 2. The molecule has 0 aliphatic carbocycles. The molecule has 6 aliphatic rings. The number of aryl methyl sites for hydroxylation is 1. The van der Waals surface area contributed by atoms with Gasteiger partial charge in [0.25, 0.3) is 6.43 Å². The van der Waals surface area contributed by atoms with E-state index in [4.69, 9.17) is 14.5 Å². The second kappa shape index (κ2) is 10.5. The highest BCUT2D eigenvalue weighted by molar-refractivity contribution is 5.87. The van der Waals surface area contributed by atoms with Crippen molar-refractivity contribution in [1.82, 2.24) is 19.8 Å². The van der Waals surface area contributed by atoms with Gasteiger partial charge in [0, 0.05) is 87.0 Å². The number of piperidine rings is 1. The van der Waals surface area contributed by atoms with Crippen LogP contribution in [0.15, 0.2) is 31.0 Å². The van der Waals surface area contributed by atoms with E-state index in [1.807, 2.05) is 11.1 Å². The van der Waals surface area contributed by atoms with Gasteiger partial charge in [0.2, 0.25) is 5.91 Å². The number of pyridine rings is 2. The lowest BCUT2D eigenvalue weighted by Gasteiger charge is -2.55. The van der Waals surface area contributed by atoms with Crippen LogP contribution in [0.25, 0.3) is 0 Å². The maximum Gasteiger partial charge on any atom is 0.280 e. The Morgan fingerprint density at radius 2 is 1.89 bits per heavy atom. The van der Waals surface area contributed by atoms with E-state index in [1.54, 1.807) is 0 Å². The van der Waals surface area contributed by atoms with Crippen LogP contribution in [0.2, 0.25) is 0 Å². The smallest absolute Gasteiger partial charge is 0.280 e. The fraction of sp³-hybridized carbons (Fsp3) is 0.606. The predicted molar refractivity (Wildman–Crippen MR) is 161 cm³/mol. The largest absolute Gasteiger partial charge is 0.374 e. The van der Waals surface area contributed by atoms with Crippen LogP contribution in [0.3, 0.4) is 0 Å². The summed E-state index contributed by atoms with van der Waals surface area (Å²) in [5, 5.41) is 0. The molecule has 2 aromatic heterocycles. The fourth-order valence-electron chi connectivity index (χ4n) is 8.71. The monoisotopic (exact) mass is 606 g/mol. The Bertz CT molecular complexity index is 1480. The topological polar surface area (TPSA) is 74.3 Å². The molecule has 1 amide bonds. The van der Waals surface area contributed by atoms with Gasteiger partial charge >= 0.3 is 0 Å². The van der Waals surface area contributed by atoms with E-state index in [0.717, 1.165) is 56.7 Å². The average Bonchev–Trinajstić information content (AvgIpc) is 3.22. The van der Waals surface area contributed by atoms with Crippen LogP contribution < -0.4 is 9.80 Å². The summed E-state index contributed by atoms with van der Waals surface area (Å²) in [6.45, 7) is 12.0. The van der Waals surface area contributed by atoms with Gasteiger partial charge in [-0.05, 0) is 56.7 Å². The van der Waals surface area contributed by atoms with Crippen molar-refractivity contribution < 1.29 is 23.0 Å². The lowest BCUT2D eigenvalue weighted by molar-refractivity contribution is -0.260. The molecule has 8 rings (SSSR count). The van der Waals surface area contributed by atoms with Gasteiger partial charge in [-0.2, -0.15) is 0 Å². The maximum absolute atomic E-state index is 14.6. The molecular weight excluding hydrogens is 566 g/mol. The Labute approximate surface area is 256 Å². The second-order valence-electron chi connectivity index (χ2n) is 13.3. The molecule has 0 saturated carbocycles. The molecule has 2 aromatic rings. The number of carbonyl (C=O) groups excluding carboxylic acids is 1. The number of piperazine rings is 1. The van der Waals surface area contributed by atoms with Crippen LogP contribution in [0, 0.1) is 6.92 Å². The van der Waals surface area contributed by atoms with Gasteiger partial charge in [-0.25, -0.2) is 13.8 Å². The van der Waals surface area contributed by atoms with E-state index in [0.29, 0.717) is 63.2 Å². The third-order valence-electron chi connectivity index (χ3n) is 11.1. The zero-order valence-corrected chi connectivity index (χ0v) is 25.3. The summed E-state index contributed by atoms with van der Waals surface area (Å²) < 4.78 is 41.6. The van der Waals surface area contributed by atoms with Crippen LogP contribution in [0.1, 0.15) is 60.2 Å². The number of fused-ring (bicyclic) bond motifs is 6. The molecule has 2 unspecified atom stereocenters. The molecule has 6 aliphatic heterocycles. The van der Waals surface area contributed by atoms with Crippen molar-refractivity contribution >= 4 is 17.4 Å². The van der Waals surface area contributed by atoms with E-state index in [9.17, 15) is 13.6 Å². The Morgan fingerprint density at radius 3 is 2.57 bits per heavy atom. The van der Waals surface area contributed by atoms with Crippen LogP contribution >= 0.6 is 0 Å². The highest BCUT2D eigenvalue weighted by Crippen LogP contribution is 2.55. The number of anilines is 2. The lowest BCUT2D eigenvalue weighted by Crippen LogP contribution is -2.69. The maximum atomic E-state index is 14.6. The summed E-state index contributed by atoms with van der Waals surface area (Å²) >= 11 is 0. The van der Waals surface area contributed by atoms with E-state index in [2.05, 4.69) is 45.3 Å². The Kier molecular flexibility index (Phi) is 6.73. The van der Waals surface area contributed by atoms with Crippen molar-refractivity contribution in [3.8, 4) is 0 Å². The van der Waals surface area contributed by atoms with Crippen molar-refractivity contribution in [2.24, 2.45) is 0 Å². The highest BCUT2D eigenvalue weighted by atomic mass is 19.3. The van der Waals surface area contributed by atoms with Crippen LogP contribution in [0.4, 0.5) is 20.3 Å². The molecule has 0 N–H and O–H groups in total. The van der Waals surface area contributed by atoms with Gasteiger partial charge < -0.3 is 24.2 Å². The summed E-state index contributed by atoms with van der Waals surface area (Å²) in [5.74, 6) is 0.621. The first-order valence-corrected chi connectivity index (χ1v) is 16.1. The third-order valence-corrected chi connectivity index (χ3v) is 11.1. The fourth-order valence-corrected chi connectivity index (χ4v) is 8.71. The van der Waals surface area contributed by atoms with Crippen molar-refractivity contribution in [2.75, 3.05) is 68.8 Å². The molecular formula is C33H40F2N6O3. The molecule has 2 atom stereocenters. The third kappa shape index (κ3) is 4.22. The van der Waals surface area contributed by atoms with Gasteiger partial charge in [0.05, 0.1) is 18.9 Å². The summed E-state index contributed by atoms with van der Waals surface area (Å²) in [6.07, 6.45) is 4.54. The molecule has 2 spiro atoms. The molecule has 0 radical (unpaired) electrons. The summed E-state index contributed by atoms with van der Waals surface area (Å²) in [7, 11) is 0. The van der Waals surface area contributed by atoms with Crippen LogP contribution in [-0.4, -0.2) is 96.8 Å². The first-order chi connectivity index (χ1) is 21.3. The minimum Gasteiger partial charge on any atom is -0.374 e. The Balaban J connectivity index is 1.03. The number of hydrogen-bond donors (Lipinski definition) is 0. The zero-order chi connectivity index (χ0) is 30.2. The van der Waals surface area contributed by atoms with E-state index in [-0.39, 0.29) is 17.6 Å². The Hall–Kier alpha value is -3.15. The van der Waals surface area contributed by atoms with E-state index >= 15 is 0 Å². The summed E-state index contributed by atoms with van der Waals surface area (Å²) in [6, 6.07) is 4.77. The normalized spacial score (nSPS) is 27.0. The standard InChI is InChI=1S/C33H40F2N6O3/c1-3-27(42)40-15-13-38(14-16-40)25-18-41-23(25)6-4-5-22-24(41)17-26(37-29(22)31(34)35)39-11-8-32(9-12-39)28-21(2)7-10-36-30(28)33(44-32)19-43-20-33/h3,7,10,17,23,25,31H,1,4-6,8-9,11-16,18-20H2,2H3. The van der Waals surface area contributed by atoms with E-state index in [1.165, 1.54) is 17.2 Å². The number of alkyl halides is 2. The van der Waals surface area contributed by atoms with Crippen molar-refractivity contribution in [3.05, 3.63) is 59.1 Å². The zero-order valence-electron chi connectivity index (χ0n) is 25.3. The number of aromatic nitrogens is 2. The molecule has 11 heteroatoms. The number of ether oxygens (including phenoxy) is 2. The summed E-state index contributed by atoms with van der Waals surface area (Å²) in [5.41, 5.74) is 4.04. The number of nitrogens with zero attached hydrogens (tertiary/aromatic N) is 6. The van der Waals surface area contributed by atoms with E-state index < -0.39 is 17.6 Å². The second-order valence-corrected chi connectivity index (χ2v) is 13.3. The molecule has 44 heavy (non-hydrogen) atoms. The van der Waals surface area contributed by atoms with Gasteiger partial charge in [-0.15, -0.1) is 0 Å². The van der Waals surface area contributed by atoms with Crippen LogP contribution in [0.5, 0.6) is 0 Å². The Morgan fingerprint density at radius 1 is 1.11 bits per heavy atom. The lowest BCUT2D eigenvalue weighted by atomic mass is 9.81. The van der Waals surface area contributed by atoms with Crippen molar-refractivity contribution in [2.45, 2.75) is 68.7 Å². The highest BCUT2D eigenvalue weighted by Gasteiger charge is 2.59. The van der Waals surface area contributed by atoms with Gasteiger partial charge in [-0.3, -0.25) is 14.7 Å². The molecule has 4 saturated heterocycles. The molecule has 0 aromatic carbocycles. The molecule has 4 fully saturated rings. The SMILES string of the molecule is C=CC(=O)N1CCN(C2CN3c4cc(N5CCC6(CC5)OC5(COC5)c5nccc(C)c56)nc(C(F)F)c4CCCC23)CC1. The first-order valence-electron chi connectivity index (χ1n) is 16.1. The average molecular weight is 607 g/mol. The predicted octanol–water partition coefficient (Wildman–Crippen LogP) is 3.70. The van der Waals surface area contributed by atoms with Crippen molar-refractivity contribution in [3.63, 3.8) is 0 Å². The number of rotatable bonds is 4. The first kappa shape index (κ1) is 28.3. The minimum atomic E-state index is -2.62. The minimum absolute atomic E-state index is 0.0152. The number of amides is 1. The molecule has 9 nitrogen and oxygen atoms in total. The van der Waals surface area contributed by atoms with Gasteiger partial charge in [0.15, 0.2) is 5.60 Å². The van der Waals surface area contributed by atoms with Crippen molar-refractivity contribution in [1.29, 1.82) is 0 Å². The number of hydrogen-bond acceptors (Lipinski definition) is 8. The molecule has 8 heterocycles. The quantitative estimate of drug-likeness (QED) is 0.488. The van der Waals surface area contributed by atoms with Gasteiger partial charge in [-0.1, -0.05) is 6.58 Å². The van der Waals surface area contributed by atoms with Crippen LogP contribution in [-0.2, 0) is 31.9 Å². The summed E-state index contributed by atoms with van der Waals surface area (Å²) in [4.78, 5) is 30.3. The number of carbonyl (C=O) groups is 1. The van der Waals surface area contributed by atoms with Gasteiger partial charge in [0.1, 0.15) is 17.1 Å².